The first-order chi connectivity index (χ1) is 7.13. The Morgan fingerprint density at radius 1 is 1.40 bits per heavy atom. The number of rotatable bonds is 1. The molecule has 0 radical (unpaired) electrons. The van der Waals surface area contributed by atoms with Crippen LogP contribution in [-0.4, -0.2) is 29.2 Å². The van der Waals surface area contributed by atoms with E-state index in [0.29, 0.717) is 12.5 Å². The highest BCUT2D eigenvalue weighted by Crippen LogP contribution is 2.39. The summed E-state index contributed by atoms with van der Waals surface area (Å²) in [6, 6.07) is 0. The number of hydrogen-bond donors (Lipinski definition) is 1. The van der Waals surface area contributed by atoms with Crippen LogP contribution in [0, 0.1) is 0 Å². The summed E-state index contributed by atoms with van der Waals surface area (Å²) < 4.78 is 12.0. The van der Waals surface area contributed by atoms with Crippen LogP contribution in [0.3, 0.4) is 0 Å². The van der Waals surface area contributed by atoms with Crippen LogP contribution >= 0.6 is 0 Å². The van der Waals surface area contributed by atoms with Crippen molar-refractivity contribution in [2.45, 2.75) is 76.5 Å². The summed E-state index contributed by atoms with van der Waals surface area (Å²) in [5.74, 6) is -0.476. The van der Waals surface area contributed by atoms with Crippen molar-refractivity contribution in [2.24, 2.45) is 0 Å². The van der Waals surface area contributed by atoms with Crippen molar-refractivity contribution in [1.29, 1.82) is 0 Å². The van der Waals surface area contributed by atoms with Gasteiger partial charge in [-0.3, -0.25) is 0 Å². The quantitative estimate of drug-likeness (QED) is 0.727. The fourth-order valence-electron chi connectivity index (χ4n) is 2.83. The third kappa shape index (κ3) is 2.52. The number of ether oxygens (including phenoxy) is 2. The normalized spacial score (nSPS) is 47.0. The van der Waals surface area contributed by atoms with Crippen LogP contribution in [0.25, 0.3) is 0 Å². The molecule has 0 unspecified atom stereocenters. The average molecular weight is 214 g/mol. The van der Waals surface area contributed by atoms with Gasteiger partial charge in [-0.15, -0.1) is 0 Å². The van der Waals surface area contributed by atoms with Crippen LogP contribution in [0.2, 0.25) is 0 Å². The molecule has 2 heterocycles. The molecular formula is C12H22O3. The summed E-state index contributed by atoms with van der Waals surface area (Å²) in [4.78, 5) is 0. The molecule has 0 amide bonds. The molecule has 0 aliphatic carbocycles. The zero-order chi connectivity index (χ0) is 10.9. The molecule has 3 nitrogen and oxygen atoms in total. The summed E-state index contributed by atoms with van der Waals surface area (Å²) >= 11 is 0. The number of aliphatic hydroxyl groups excluding tert-OH is 1. The second kappa shape index (κ2) is 4.40. The molecule has 0 aromatic carbocycles. The Morgan fingerprint density at radius 3 is 2.87 bits per heavy atom. The second-order valence-corrected chi connectivity index (χ2v) is 4.97. The average Bonchev–Trinajstić information content (AvgIpc) is 2.15. The highest BCUT2D eigenvalue weighted by molar-refractivity contribution is 4.86. The van der Waals surface area contributed by atoms with E-state index < -0.39 is 5.79 Å². The predicted molar refractivity (Wildman–Crippen MR) is 57.5 cm³/mol. The Balaban J connectivity index is 2.04. The fraction of sp³-hybridized carbons (Fsp3) is 1.00. The standard InChI is InChI=1S/C12H22O3/c1-3-11-5-4-6-12(15-11)8-10(13)7-9(2)14-12/h9-11,13H,3-8H2,1-2H3/t9-,10+,11+,12-/m0/s1. The van der Waals surface area contributed by atoms with Gasteiger partial charge in [0.2, 0.25) is 0 Å². The van der Waals surface area contributed by atoms with Gasteiger partial charge >= 0.3 is 0 Å². The largest absolute Gasteiger partial charge is 0.393 e. The van der Waals surface area contributed by atoms with Gasteiger partial charge in [-0.05, 0) is 32.6 Å². The van der Waals surface area contributed by atoms with E-state index in [2.05, 4.69) is 6.92 Å². The Bertz CT molecular complexity index is 207. The molecule has 0 saturated carbocycles. The van der Waals surface area contributed by atoms with Crippen LogP contribution in [0.4, 0.5) is 0 Å². The van der Waals surface area contributed by atoms with E-state index in [-0.39, 0.29) is 12.2 Å². The van der Waals surface area contributed by atoms with Crippen molar-refractivity contribution in [3.8, 4) is 0 Å². The highest BCUT2D eigenvalue weighted by atomic mass is 16.7. The summed E-state index contributed by atoms with van der Waals surface area (Å²) in [6.07, 6.45) is 5.81. The smallest absolute Gasteiger partial charge is 0.171 e. The monoisotopic (exact) mass is 214 g/mol. The van der Waals surface area contributed by atoms with Gasteiger partial charge < -0.3 is 14.6 Å². The van der Waals surface area contributed by atoms with Gasteiger partial charge in [0.1, 0.15) is 0 Å². The fourth-order valence-corrected chi connectivity index (χ4v) is 2.83. The highest BCUT2D eigenvalue weighted by Gasteiger charge is 2.44. The number of hydrogen-bond acceptors (Lipinski definition) is 3. The predicted octanol–water partition coefficient (Wildman–Crippen LogP) is 2.22. The van der Waals surface area contributed by atoms with Gasteiger partial charge in [-0.25, -0.2) is 0 Å². The minimum atomic E-state index is -0.476. The van der Waals surface area contributed by atoms with Crippen molar-refractivity contribution in [3.63, 3.8) is 0 Å². The molecule has 3 heteroatoms. The minimum Gasteiger partial charge on any atom is -0.393 e. The molecule has 0 bridgehead atoms. The van der Waals surface area contributed by atoms with Gasteiger partial charge in [0, 0.05) is 12.8 Å². The molecule has 1 N–H and O–H groups in total. The second-order valence-electron chi connectivity index (χ2n) is 4.97. The minimum absolute atomic E-state index is 0.115. The lowest BCUT2D eigenvalue weighted by atomic mass is 9.91. The van der Waals surface area contributed by atoms with Crippen LogP contribution in [0.5, 0.6) is 0 Å². The summed E-state index contributed by atoms with van der Waals surface area (Å²) in [5, 5.41) is 9.80. The molecule has 2 rings (SSSR count). The SMILES string of the molecule is CC[C@@H]1CCC[C@@]2(C[C@H](O)C[C@H](C)O2)O1. The Morgan fingerprint density at radius 2 is 2.20 bits per heavy atom. The maximum absolute atomic E-state index is 9.80. The van der Waals surface area contributed by atoms with Gasteiger partial charge in [0.25, 0.3) is 0 Å². The van der Waals surface area contributed by atoms with Gasteiger partial charge in [0.15, 0.2) is 5.79 Å². The summed E-state index contributed by atoms with van der Waals surface area (Å²) in [6.45, 7) is 4.16. The first-order valence-electron chi connectivity index (χ1n) is 6.17. The Labute approximate surface area is 91.8 Å². The topological polar surface area (TPSA) is 38.7 Å². The van der Waals surface area contributed by atoms with E-state index in [9.17, 15) is 5.11 Å². The first-order valence-corrected chi connectivity index (χ1v) is 6.17. The van der Waals surface area contributed by atoms with E-state index in [1.807, 2.05) is 6.92 Å². The zero-order valence-electron chi connectivity index (χ0n) is 9.74. The van der Waals surface area contributed by atoms with Crippen molar-refractivity contribution < 1.29 is 14.6 Å². The molecule has 88 valence electrons. The lowest BCUT2D eigenvalue weighted by Crippen LogP contribution is -2.51. The molecule has 1 spiro atoms. The van der Waals surface area contributed by atoms with Crippen molar-refractivity contribution in [1.82, 2.24) is 0 Å². The molecular weight excluding hydrogens is 192 g/mol. The molecule has 4 atom stereocenters. The van der Waals surface area contributed by atoms with Crippen LogP contribution in [-0.2, 0) is 9.47 Å². The Kier molecular flexibility index (Phi) is 3.33. The van der Waals surface area contributed by atoms with Gasteiger partial charge in [-0.1, -0.05) is 6.92 Å². The van der Waals surface area contributed by atoms with E-state index in [0.717, 1.165) is 32.1 Å². The summed E-state index contributed by atoms with van der Waals surface area (Å²) in [7, 11) is 0. The molecule has 2 saturated heterocycles. The maximum Gasteiger partial charge on any atom is 0.171 e. The molecule has 2 aliphatic heterocycles. The Hall–Kier alpha value is -0.120. The van der Waals surface area contributed by atoms with E-state index in [1.165, 1.54) is 0 Å². The third-order valence-corrected chi connectivity index (χ3v) is 3.49. The molecule has 2 fully saturated rings. The first kappa shape index (κ1) is 11.4. The maximum atomic E-state index is 9.80. The molecule has 0 aromatic rings. The van der Waals surface area contributed by atoms with E-state index in [1.54, 1.807) is 0 Å². The van der Waals surface area contributed by atoms with Gasteiger partial charge in [0.05, 0.1) is 18.3 Å². The zero-order valence-corrected chi connectivity index (χ0v) is 9.74. The van der Waals surface area contributed by atoms with Crippen LogP contribution in [0.15, 0.2) is 0 Å². The van der Waals surface area contributed by atoms with Gasteiger partial charge in [-0.2, -0.15) is 0 Å². The molecule has 0 aromatic heterocycles. The summed E-state index contributed by atoms with van der Waals surface area (Å²) in [5.41, 5.74) is 0. The van der Waals surface area contributed by atoms with Crippen molar-refractivity contribution in [2.75, 3.05) is 0 Å². The lowest BCUT2D eigenvalue weighted by Gasteiger charge is -2.46. The molecule has 2 aliphatic rings. The third-order valence-electron chi connectivity index (χ3n) is 3.49. The van der Waals surface area contributed by atoms with E-state index in [4.69, 9.17) is 9.47 Å². The van der Waals surface area contributed by atoms with E-state index >= 15 is 0 Å². The van der Waals surface area contributed by atoms with Crippen LogP contribution in [0.1, 0.15) is 52.4 Å². The lowest BCUT2D eigenvalue weighted by molar-refractivity contribution is -0.324. The number of aliphatic hydroxyl groups is 1. The molecule has 15 heavy (non-hydrogen) atoms. The van der Waals surface area contributed by atoms with Crippen LogP contribution < -0.4 is 0 Å². The van der Waals surface area contributed by atoms with Crippen molar-refractivity contribution >= 4 is 0 Å². The van der Waals surface area contributed by atoms with Crippen molar-refractivity contribution in [3.05, 3.63) is 0 Å².